The van der Waals surface area contributed by atoms with Gasteiger partial charge in [0.15, 0.2) is 0 Å². The number of nitrogen functional groups attached to an aromatic ring is 1. The van der Waals surface area contributed by atoms with Crippen LogP contribution in [0.25, 0.3) is 0 Å². The molecule has 1 aromatic heterocycles. The molecule has 0 aliphatic carbocycles. The highest BCUT2D eigenvalue weighted by Gasteiger charge is 2.18. The number of hydrogen-bond acceptors (Lipinski definition) is 4. The van der Waals surface area contributed by atoms with Crippen molar-refractivity contribution in [3.63, 3.8) is 0 Å². The lowest BCUT2D eigenvalue weighted by molar-refractivity contribution is 0.547. The lowest BCUT2D eigenvalue weighted by Gasteiger charge is -2.18. The average Bonchev–Trinajstić information content (AvgIpc) is 2.32. The minimum atomic E-state index is -0.131. The Balaban J connectivity index is 2.39. The van der Waals surface area contributed by atoms with Gasteiger partial charge in [-0.05, 0) is 31.0 Å². The van der Waals surface area contributed by atoms with Gasteiger partial charge in [-0.1, -0.05) is 32.9 Å². The summed E-state index contributed by atoms with van der Waals surface area (Å²) in [5.74, 6) is 1.96. The Kier molecular flexibility index (Phi) is 3.66. The summed E-state index contributed by atoms with van der Waals surface area (Å²) < 4.78 is 0. The standard InChI is InChI=1S/C16H22N4/c1-10-6-7-11(2)12(8-10)18-14-9-13(17)19-15(20-14)16(3,4)5/h6-9H,1-5H3,(H3,17,18,19,20). The second kappa shape index (κ2) is 5.12. The van der Waals surface area contributed by atoms with E-state index in [1.807, 2.05) is 0 Å². The number of rotatable bonds is 2. The van der Waals surface area contributed by atoms with Gasteiger partial charge in [0.05, 0.1) is 0 Å². The number of hydrogen-bond donors (Lipinski definition) is 2. The molecule has 1 heterocycles. The molecule has 0 radical (unpaired) electrons. The lowest BCUT2D eigenvalue weighted by atomic mass is 9.96. The van der Waals surface area contributed by atoms with Gasteiger partial charge in [0.2, 0.25) is 0 Å². The van der Waals surface area contributed by atoms with Gasteiger partial charge in [-0.2, -0.15) is 0 Å². The quantitative estimate of drug-likeness (QED) is 0.873. The molecule has 3 N–H and O–H groups in total. The van der Waals surface area contributed by atoms with E-state index in [-0.39, 0.29) is 5.41 Å². The van der Waals surface area contributed by atoms with Crippen molar-refractivity contribution in [3.05, 3.63) is 41.2 Å². The minimum absolute atomic E-state index is 0.131. The first-order valence-electron chi connectivity index (χ1n) is 6.75. The van der Waals surface area contributed by atoms with Gasteiger partial charge >= 0.3 is 0 Å². The van der Waals surface area contributed by atoms with Crippen LogP contribution < -0.4 is 11.1 Å². The van der Waals surface area contributed by atoms with Crippen molar-refractivity contribution >= 4 is 17.3 Å². The lowest BCUT2D eigenvalue weighted by Crippen LogP contribution is -2.17. The molecular formula is C16H22N4. The Bertz CT molecular complexity index is 627. The van der Waals surface area contributed by atoms with Crippen LogP contribution in [0.5, 0.6) is 0 Å². The summed E-state index contributed by atoms with van der Waals surface area (Å²) in [7, 11) is 0. The topological polar surface area (TPSA) is 63.8 Å². The maximum Gasteiger partial charge on any atom is 0.138 e. The molecule has 4 heteroatoms. The van der Waals surface area contributed by atoms with Crippen molar-refractivity contribution in [1.29, 1.82) is 0 Å². The van der Waals surface area contributed by atoms with Crippen LogP contribution in [0, 0.1) is 13.8 Å². The molecule has 1 aromatic carbocycles. The van der Waals surface area contributed by atoms with E-state index in [0.717, 1.165) is 17.3 Å². The van der Waals surface area contributed by atoms with E-state index in [2.05, 4.69) is 68.1 Å². The molecule has 0 unspecified atom stereocenters. The Morgan fingerprint density at radius 2 is 1.75 bits per heavy atom. The van der Waals surface area contributed by atoms with Gasteiger partial charge in [-0.15, -0.1) is 0 Å². The van der Waals surface area contributed by atoms with Gasteiger partial charge in [0.25, 0.3) is 0 Å². The van der Waals surface area contributed by atoms with E-state index in [0.29, 0.717) is 5.82 Å². The number of aryl methyl sites for hydroxylation is 2. The highest BCUT2D eigenvalue weighted by atomic mass is 15.1. The third-order valence-electron chi connectivity index (χ3n) is 3.07. The van der Waals surface area contributed by atoms with Crippen molar-refractivity contribution in [1.82, 2.24) is 9.97 Å². The molecule has 0 spiro atoms. The summed E-state index contributed by atoms with van der Waals surface area (Å²) in [6.45, 7) is 10.4. The summed E-state index contributed by atoms with van der Waals surface area (Å²) in [5.41, 5.74) is 9.18. The minimum Gasteiger partial charge on any atom is -0.384 e. The smallest absolute Gasteiger partial charge is 0.138 e. The zero-order chi connectivity index (χ0) is 14.9. The maximum absolute atomic E-state index is 5.89. The van der Waals surface area contributed by atoms with Crippen molar-refractivity contribution in [3.8, 4) is 0 Å². The van der Waals surface area contributed by atoms with Crippen molar-refractivity contribution < 1.29 is 0 Å². The zero-order valence-corrected chi connectivity index (χ0v) is 12.8. The number of nitrogens with zero attached hydrogens (tertiary/aromatic N) is 2. The summed E-state index contributed by atoms with van der Waals surface area (Å²) >= 11 is 0. The van der Waals surface area contributed by atoms with Crippen molar-refractivity contribution in [2.24, 2.45) is 0 Å². The van der Waals surface area contributed by atoms with E-state index >= 15 is 0 Å². The van der Waals surface area contributed by atoms with Crippen LogP contribution in [0.3, 0.4) is 0 Å². The first kappa shape index (κ1) is 14.3. The second-order valence-electron chi connectivity index (χ2n) is 6.20. The van der Waals surface area contributed by atoms with E-state index < -0.39 is 0 Å². The van der Waals surface area contributed by atoms with Gasteiger partial charge in [-0.25, -0.2) is 9.97 Å². The molecule has 2 rings (SSSR count). The molecule has 106 valence electrons. The van der Waals surface area contributed by atoms with Crippen LogP contribution in [0.4, 0.5) is 17.3 Å². The molecule has 0 fully saturated rings. The van der Waals surface area contributed by atoms with Crippen LogP contribution in [-0.2, 0) is 5.41 Å². The molecule has 0 aliphatic heterocycles. The van der Waals surface area contributed by atoms with E-state index in [1.165, 1.54) is 11.1 Å². The zero-order valence-electron chi connectivity index (χ0n) is 12.8. The summed E-state index contributed by atoms with van der Waals surface area (Å²) in [6, 6.07) is 8.05. The normalized spacial score (nSPS) is 11.4. The fraction of sp³-hybridized carbons (Fsp3) is 0.375. The van der Waals surface area contributed by atoms with Crippen LogP contribution in [-0.4, -0.2) is 9.97 Å². The predicted molar refractivity (Wildman–Crippen MR) is 84.3 cm³/mol. The van der Waals surface area contributed by atoms with E-state index in [1.54, 1.807) is 6.07 Å². The summed E-state index contributed by atoms with van der Waals surface area (Å²) in [6.07, 6.45) is 0. The van der Waals surface area contributed by atoms with Crippen LogP contribution in [0.1, 0.15) is 37.7 Å². The molecule has 20 heavy (non-hydrogen) atoms. The van der Waals surface area contributed by atoms with E-state index in [9.17, 15) is 0 Å². The Hall–Kier alpha value is -2.10. The number of nitrogens with two attached hydrogens (primary N) is 1. The fourth-order valence-electron chi connectivity index (χ4n) is 1.87. The number of aromatic nitrogens is 2. The third kappa shape index (κ3) is 3.26. The van der Waals surface area contributed by atoms with Gasteiger partial charge in [0, 0.05) is 17.2 Å². The average molecular weight is 270 g/mol. The van der Waals surface area contributed by atoms with Crippen LogP contribution in [0.15, 0.2) is 24.3 Å². The molecule has 0 saturated carbocycles. The van der Waals surface area contributed by atoms with Gasteiger partial charge in [-0.3, -0.25) is 0 Å². The van der Waals surface area contributed by atoms with Crippen molar-refractivity contribution in [2.75, 3.05) is 11.1 Å². The highest BCUT2D eigenvalue weighted by molar-refractivity contribution is 5.62. The molecule has 0 saturated heterocycles. The van der Waals surface area contributed by atoms with Crippen molar-refractivity contribution in [2.45, 2.75) is 40.0 Å². The number of benzene rings is 1. The van der Waals surface area contributed by atoms with Crippen LogP contribution >= 0.6 is 0 Å². The molecular weight excluding hydrogens is 248 g/mol. The number of nitrogens with one attached hydrogen (secondary N) is 1. The first-order chi connectivity index (χ1) is 9.25. The van der Waals surface area contributed by atoms with E-state index in [4.69, 9.17) is 5.73 Å². The van der Waals surface area contributed by atoms with Gasteiger partial charge < -0.3 is 11.1 Å². The molecule has 2 aromatic rings. The predicted octanol–water partition coefficient (Wildman–Crippen LogP) is 3.72. The largest absolute Gasteiger partial charge is 0.384 e. The maximum atomic E-state index is 5.89. The first-order valence-corrected chi connectivity index (χ1v) is 6.75. The Morgan fingerprint density at radius 3 is 2.40 bits per heavy atom. The van der Waals surface area contributed by atoms with Gasteiger partial charge in [0.1, 0.15) is 17.5 Å². The molecule has 0 bridgehead atoms. The number of anilines is 3. The molecule has 0 amide bonds. The second-order valence-corrected chi connectivity index (χ2v) is 6.20. The Labute approximate surface area is 120 Å². The highest BCUT2D eigenvalue weighted by Crippen LogP contribution is 2.25. The summed E-state index contributed by atoms with van der Waals surface area (Å²) in [4.78, 5) is 8.88. The fourth-order valence-corrected chi connectivity index (χ4v) is 1.87. The summed E-state index contributed by atoms with van der Waals surface area (Å²) in [5, 5.41) is 3.34. The molecule has 4 nitrogen and oxygen atoms in total. The SMILES string of the molecule is Cc1ccc(C)c(Nc2cc(N)nc(C(C)(C)C)n2)c1. The monoisotopic (exact) mass is 270 g/mol. The molecule has 0 atom stereocenters. The third-order valence-corrected chi connectivity index (χ3v) is 3.07. The van der Waals surface area contributed by atoms with Crippen LogP contribution in [0.2, 0.25) is 0 Å². The Morgan fingerprint density at radius 1 is 1.05 bits per heavy atom. The molecule has 0 aliphatic rings.